The lowest BCUT2D eigenvalue weighted by Gasteiger charge is -2.31. The molecule has 7 nitrogen and oxygen atoms in total. The molecule has 7 heteroatoms. The first-order chi connectivity index (χ1) is 14.1. The van der Waals surface area contributed by atoms with Gasteiger partial charge in [0, 0.05) is 49.1 Å². The van der Waals surface area contributed by atoms with Crippen molar-refractivity contribution in [1.29, 1.82) is 0 Å². The predicted octanol–water partition coefficient (Wildman–Crippen LogP) is 3.51. The summed E-state index contributed by atoms with van der Waals surface area (Å²) >= 11 is 0. The molecule has 0 atom stereocenters. The Labute approximate surface area is 170 Å². The zero-order valence-electron chi connectivity index (χ0n) is 16.9. The smallest absolute Gasteiger partial charge is 0.219 e. The lowest BCUT2D eigenvalue weighted by Crippen LogP contribution is -2.36. The molecule has 0 bridgehead atoms. The first-order valence-electron chi connectivity index (χ1n) is 10.0. The van der Waals surface area contributed by atoms with E-state index in [2.05, 4.69) is 31.5 Å². The number of aromatic nitrogens is 4. The average molecular weight is 390 g/mol. The molecule has 0 saturated carbocycles. The second-order valence-electron chi connectivity index (χ2n) is 7.53. The molecule has 29 heavy (non-hydrogen) atoms. The Morgan fingerprint density at radius 2 is 2.10 bits per heavy atom. The Hall–Kier alpha value is -3.22. The van der Waals surface area contributed by atoms with Gasteiger partial charge in [-0.15, -0.1) is 0 Å². The molecule has 1 saturated heterocycles. The van der Waals surface area contributed by atoms with Crippen molar-refractivity contribution < 1.29 is 4.79 Å². The van der Waals surface area contributed by atoms with Gasteiger partial charge in [0.1, 0.15) is 5.82 Å². The summed E-state index contributed by atoms with van der Waals surface area (Å²) in [6, 6.07) is 10.1. The van der Waals surface area contributed by atoms with Crippen LogP contribution in [0.3, 0.4) is 0 Å². The number of hydrogen-bond acceptors (Lipinski definition) is 5. The largest absolute Gasteiger partial charge is 0.364 e. The van der Waals surface area contributed by atoms with Gasteiger partial charge in [0.05, 0.1) is 18.4 Å². The summed E-state index contributed by atoms with van der Waals surface area (Å²) in [6.45, 7) is 5.85. The molecular weight excluding hydrogens is 364 g/mol. The van der Waals surface area contributed by atoms with Crippen LogP contribution in [-0.4, -0.2) is 44.1 Å². The van der Waals surface area contributed by atoms with E-state index in [9.17, 15) is 4.79 Å². The van der Waals surface area contributed by atoms with E-state index in [0.717, 1.165) is 60.0 Å². The number of amides is 1. The summed E-state index contributed by atoms with van der Waals surface area (Å²) in [6.07, 6.45) is 5.60. The van der Waals surface area contributed by atoms with Crippen molar-refractivity contribution in [3.8, 4) is 11.1 Å². The van der Waals surface area contributed by atoms with E-state index in [1.54, 1.807) is 6.92 Å². The molecule has 1 aliphatic heterocycles. The summed E-state index contributed by atoms with van der Waals surface area (Å²) in [5.74, 6) is 1.34. The van der Waals surface area contributed by atoms with Gasteiger partial charge < -0.3 is 10.2 Å². The molecule has 1 amide bonds. The lowest BCUT2D eigenvalue weighted by molar-refractivity contribution is -0.129. The van der Waals surface area contributed by atoms with Gasteiger partial charge in [0.25, 0.3) is 0 Å². The first kappa shape index (κ1) is 19.1. The second kappa shape index (κ2) is 8.43. The Morgan fingerprint density at radius 1 is 1.28 bits per heavy atom. The molecule has 0 aliphatic carbocycles. The molecule has 4 rings (SSSR count). The van der Waals surface area contributed by atoms with Crippen molar-refractivity contribution in [3.63, 3.8) is 0 Å². The van der Waals surface area contributed by atoms with Gasteiger partial charge in [-0.25, -0.2) is 4.98 Å². The number of carbonyl (C=O) groups is 1. The summed E-state index contributed by atoms with van der Waals surface area (Å²) in [7, 11) is 0. The Kier molecular flexibility index (Phi) is 5.55. The van der Waals surface area contributed by atoms with Crippen LogP contribution >= 0.6 is 0 Å². The minimum absolute atomic E-state index is 0.154. The Balaban J connectivity index is 1.48. The van der Waals surface area contributed by atoms with Crippen LogP contribution in [0, 0.1) is 6.92 Å². The monoisotopic (exact) mass is 390 g/mol. The van der Waals surface area contributed by atoms with Crippen LogP contribution in [0.4, 0.5) is 5.82 Å². The zero-order valence-corrected chi connectivity index (χ0v) is 16.9. The molecule has 0 unspecified atom stereocenters. The molecule has 0 aromatic carbocycles. The normalized spacial score (nSPS) is 14.8. The van der Waals surface area contributed by atoms with E-state index in [0.29, 0.717) is 12.5 Å². The van der Waals surface area contributed by atoms with Crippen LogP contribution in [0.1, 0.15) is 42.8 Å². The average Bonchev–Trinajstić information content (AvgIpc) is 3.23. The van der Waals surface area contributed by atoms with Crippen LogP contribution in [-0.2, 0) is 11.3 Å². The highest BCUT2D eigenvalue weighted by Gasteiger charge is 2.25. The number of piperidine rings is 1. The van der Waals surface area contributed by atoms with E-state index in [1.165, 1.54) is 0 Å². The molecular formula is C22H26N6O. The first-order valence-corrected chi connectivity index (χ1v) is 10.0. The molecule has 0 spiro atoms. The van der Waals surface area contributed by atoms with Gasteiger partial charge in [0.15, 0.2) is 0 Å². The van der Waals surface area contributed by atoms with Crippen molar-refractivity contribution >= 4 is 11.7 Å². The van der Waals surface area contributed by atoms with Crippen LogP contribution in [0.5, 0.6) is 0 Å². The van der Waals surface area contributed by atoms with Crippen molar-refractivity contribution in [1.82, 2.24) is 25.1 Å². The molecule has 4 heterocycles. The van der Waals surface area contributed by atoms with Crippen LogP contribution < -0.4 is 5.32 Å². The maximum Gasteiger partial charge on any atom is 0.219 e. The Morgan fingerprint density at radius 3 is 2.86 bits per heavy atom. The maximum absolute atomic E-state index is 11.6. The topological polar surface area (TPSA) is 86.8 Å². The van der Waals surface area contributed by atoms with Crippen molar-refractivity contribution in [2.45, 2.75) is 39.2 Å². The second-order valence-corrected chi connectivity index (χ2v) is 7.53. The van der Waals surface area contributed by atoms with Gasteiger partial charge >= 0.3 is 0 Å². The third kappa shape index (κ3) is 4.45. The number of nitrogens with zero attached hydrogens (tertiary/aromatic N) is 4. The van der Waals surface area contributed by atoms with Crippen LogP contribution in [0.15, 0.2) is 42.7 Å². The number of hydrogen-bond donors (Lipinski definition) is 2. The SMILES string of the molecule is CC(=O)N1CCC(c2[nH]ncc2-c2ccnc(NCc3cccc(C)n3)c2)CC1. The van der Waals surface area contributed by atoms with Crippen LogP contribution in [0.25, 0.3) is 11.1 Å². The molecule has 3 aromatic rings. The number of pyridine rings is 2. The van der Waals surface area contributed by atoms with Gasteiger partial charge in [-0.05, 0) is 49.6 Å². The van der Waals surface area contributed by atoms with Gasteiger partial charge in [0.2, 0.25) is 5.91 Å². The number of likely N-dealkylation sites (tertiary alicyclic amines) is 1. The maximum atomic E-state index is 11.6. The highest BCUT2D eigenvalue weighted by molar-refractivity contribution is 5.73. The van der Waals surface area contributed by atoms with Crippen LogP contribution in [0.2, 0.25) is 0 Å². The van der Waals surface area contributed by atoms with Crippen molar-refractivity contribution in [2.75, 3.05) is 18.4 Å². The van der Waals surface area contributed by atoms with Crippen molar-refractivity contribution in [3.05, 3.63) is 59.8 Å². The molecule has 150 valence electrons. The summed E-state index contributed by atoms with van der Waals surface area (Å²) in [5, 5.41) is 10.9. The molecule has 3 aromatic heterocycles. The van der Waals surface area contributed by atoms with Crippen molar-refractivity contribution in [2.24, 2.45) is 0 Å². The number of anilines is 1. The number of aromatic amines is 1. The molecule has 1 fully saturated rings. The molecule has 2 N–H and O–H groups in total. The fourth-order valence-electron chi connectivity index (χ4n) is 3.89. The third-order valence-corrected chi connectivity index (χ3v) is 5.48. The lowest BCUT2D eigenvalue weighted by atomic mass is 9.89. The van der Waals surface area contributed by atoms with E-state index >= 15 is 0 Å². The minimum atomic E-state index is 0.154. The Bertz CT molecular complexity index is 990. The summed E-state index contributed by atoms with van der Waals surface area (Å²) in [4.78, 5) is 22.5. The van der Waals surface area contributed by atoms with E-state index in [1.807, 2.05) is 48.5 Å². The standard InChI is InChI=1S/C22H26N6O/c1-15-4-3-5-19(26-15)13-24-21-12-18(6-9-23-21)20-14-25-27-22(20)17-7-10-28(11-8-17)16(2)29/h3-6,9,12,14,17H,7-8,10-11,13H2,1-2H3,(H,23,24)(H,25,27). The number of aryl methyl sites for hydroxylation is 1. The van der Waals surface area contributed by atoms with Gasteiger partial charge in [-0.3, -0.25) is 14.9 Å². The fourth-order valence-corrected chi connectivity index (χ4v) is 3.89. The minimum Gasteiger partial charge on any atom is -0.364 e. The third-order valence-electron chi connectivity index (χ3n) is 5.48. The zero-order chi connectivity index (χ0) is 20.2. The van der Waals surface area contributed by atoms with E-state index < -0.39 is 0 Å². The van der Waals surface area contributed by atoms with Gasteiger partial charge in [-0.2, -0.15) is 5.10 Å². The molecule has 0 radical (unpaired) electrons. The predicted molar refractivity (Wildman–Crippen MR) is 112 cm³/mol. The number of H-pyrrole nitrogens is 1. The van der Waals surface area contributed by atoms with Gasteiger partial charge in [-0.1, -0.05) is 6.07 Å². The molecule has 1 aliphatic rings. The highest BCUT2D eigenvalue weighted by atomic mass is 16.2. The number of carbonyl (C=O) groups excluding carboxylic acids is 1. The number of nitrogens with one attached hydrogen (secondary N) is 2. The quantitative estimate of drug-likeness (QED) is 0.696. The van der Waals surface area contributed by atoms with E-state index in [-0.39, 0.29) is 5.91 Å². The van der Waals surface area contributed by atoms with E-state index in [4.69, 9.17) is 0 Å². The fraction of sp³-hybridized carbons (Fsp3) is 0.364. The highest BCUT2D eigenvalue weighted by Crippen LogP contribution is 2.34. The summed E-state index contributed by atoms with van der Waals surface area (Å²) in [5.41, 5.74) is 5.32. The summed E-state index contributed by atoms with van der Waals surface area (Å²) < 4.78 is 0. The number of rotatable bonds is 5.